The van der Waals surface area contributed by atoms with Gasteiger partial charge in [-0.15, -0.1) is 0 Å². The molecule has 1 atom stereocenters. The molecule has 6 heteroatoms. The van der Waals surface area contributed by atoms with E-state index in [1.807, 2.05) is 0 Å². The lowest BCUT2D eigenvalue weighted by molar-refractivity contribution is 0.602. The van der Waals surface area contributed by atoms with Crippen LogP contribution in [0.2, 0.25) is 5.02 Å². The van der Waals surface area contributed by atoms with Crippen LogP contribution in [0.1, 0.15) is 6.42 Å². The van der Waals surface area contributed by atoms with E-state index < -0.39 is 15.7 Å². The molecule has 88 valence electrons. The molecule has 1 fully saturated rings. The number of sulfone groups is 1. The van der Waals surface area contributed by atoms with Gasteiger partial charge in [0.15, 0.2) is 9.84 Å². The van der Waals surface area contributed by atoms with Crippen LogP contribution >= 0.6 is 11.6 Å². The second-order valence-electron chi connectivity index (χ2n) is 3.87. The second kappa shape index (κ2) is 4.22. The Bertz CT molecular complexity index is 504. The number of rotatable bonds is 2. The maximum atomic E-state index is 13.0. The molecule has 16 heavy (non-hydrogen) atoms. The van der Waals surface area contributed by atoms with Crippen molar-refractivity contribution in [3.63, 3.8) is 0 Å². The molecule has 1 heterocycles. The van der Waals surface area contributed by atoms with E-state index >= 15 is 0 Å². The van der Waals surface area contributed by atoms with Crippen LogP contribution in [0.4, 0.5) is 10.1 Å². The molecule has 3 nitrogen and oxygen atoms in total. The summed E-state index contributed by atoms with van der Waals surface area (Å²) in [6.07, 6.45) is 0.537. The highest BCUT2D eigenvalue weighted by atomic mass is 35.5. The first-order valence-corrected chi connectivity index (χ1v) is 7.08. The predicted molar refractivity (Wildman–Crippen MR) is 62.1 cm³/mol. The summed E-state index contributed by atoms with van der Waals surface area (Å²) < 4.78 is 35.4. The fraction of sp³-hybridized carbons (Fsp3) is 0.400. The van der Waals surface area contributed by atoms with Crippen molar-refractivity contribution in [3.05, 3.63) is 29.0 Å². The average molecular weight is 264 g/mol. The lowest BCUT2D eigenvalue weighted by Gasteiger charge is -2.13. The molecule has 1 unspecified atom stereocenters. The minimum absolute atomic E-state index is 0.0832. The Morgan fingerprint density at radius 1 is 1.44 bits per heavy atom. The molecular formula is C10H11ClFNO2S. The van der Waals surface area contributed by atoms with Crippen molar-refractivity contribution in [2.75, 3.05) is 16.8 Å². The second-order valence-corrected chi connectivity index (χ2v) is 6.50. The molecule has 0 aromatic heterocycles. The fourth-order valence-corrected chi connectivity index (χ4v) is 3.58. The van der Waals surface area contributed by atoms with Crippen LogP contribution in [-0.2, 0) is 9.84 Å². The van der Waals surface area contributed by atoms with Crippen molar-refractivity contribution in [3.8, 4) is 0 Å². The molecule has 1 aliphatic heterocycles. The molecule has 0 spiro atoms. The van der Waals surface area contributed by atoms with E-state index in [0.29, 0.717) is 17.1 Å². The van der Waals surface area contributed by atoms with Crippen LogP contribution in [0.3, 0.4) is 0 Å². The zero-order valence-corrected chi connectivity index (χ0v) is 9.98. The molecule has 0 amide bonds. The number of halogens is 2. The molecule has 1 aliphatic rings. The third-order valence-electron chi connectivity index (χ3n) is 2.52. The van der Waals surface area contributed by atoms with Gasteiger partial charge in [0.2, 0.25) is 0 Å². The largest absolute Gasteiger partial charge is 0.380 e. The zero-order chi connectivity index (χ0) is 11.8. The Kier molecular flexibility index (Phi) is 3.08. The van der Waals surface area contributed by atoms with Crippen molar-refractivity contribution >= 4 is 27.1 Å². The van der Waals surface area contributed by atoms with Crippen LogP contribution in [0.25, 0.3) is 0 Å². The lowest BCUT2D eigenvalue weighted by atomic mass is 10.2. The predicted octanol–water partition coefficient (Wildman–Crippen LogP) is 2.08. The van der Waals surface area contributed by atoms with Gasteiger partial charge in [0.1, 0.15) is 5.82 Å². The number of nitrogens with one attached hydrogen (secondary N) is 1. The highest BCUT2D eigenvalue weighted by Gasteiger charge is 2.28. The van der Waals surface area contributed by atoms with Crippen molar-refractivity contribution in [1.82, 2.24) is 0 Å². The molecule has 1 saturated heterocycles. The fourth-order valence-electron chi connectivity index (χ4n) is 1.74. The smallest absolute Gasteiger partial charge is 0.152 e. The third-order valence-corrected chi connectivity index (χ3v) is 4.62. The maximum Gasteiger partial charge on any atom is 0.152 e. The summed E-state index contributed by atoms with van der Waals surface area (Å²) in [7, 11) is -2.94. The topological polar surface area (TPSA) is 46.2 Å². The van der Waals surface area contributed by atoms with Gasteiger partial charge in [0.25, 0.3) is 0 Å². The summed E-state index contributed by atoms with van der Waals surface area (Å²) in [6, 6.07) is 3.80. The van der Waals surface area contributed by atoms with Crippen LogP contribution in [0.15, 0.2) is 18.2 Å². The van der Waals surface area contributed by atoms with Gasteiger partial charge in [-0.05, 0) is 24.6 Å². The van der Waals surface area contributed by atoms with Crippen LogP contribution in [-0.4, -0.2) is 26.0 Å². The van der Waals surface area contributed by atoms with Gasteiger partial charge < -0.3 is 5.32 Å². The summed E-state index contributed by atoms with van der Waals surface area (Å²) in [5.41, 5.74) is 0.448. The first-order valence-electron chi connectivity index (χ1n) is 4.88. The monoisotopic (exact) mass is 263 g/mol. The quantitative estimate of drug-likeness (QED) is 0.889. The summed E-state index contributed by atoms with van der Waals surface area (Å²) in [4.78, 5) is 0. The minimum Gasteiger partial charge on any atom is -0.380 e. The zero-order valence-electron chi connectivity index (χ0n) is 8.41. The normalized spacial score (nSPS) is 23.2. The van der Waals surface area contributed by atoms with Gasteiger partial charge in [0.05, 0.1) is 22.2 Å². The van der Waals surface area contributed by atoms with Gasteiger partial charge in [-0.2, -0.15) is 0 Å². The molecular weight excluding hydrogens is 253 g/mol. The third kappa shape index (κ3) is 2.65. The van der Waals surface area contributed by atoms with E-state index in [2.05, 4.69) is 5.32 Å². The van der Waals surface area contributed by atoms with Crippen LogP contribution in [0.5, 0.6) is 0 Å². The Balaban J connectivity index is 2.13. The van der Waals surface area contributed by atoms with Gasteiger partial charge in [-0.25, -0.2) is 12.8 Å². The van der Waals surface area contributed by atoms with E-state index in [9.17, 15) is 12.8 Å². The highest BCUT2D eigenvalue weighted by Crippen LogP contribution is 2.25. The van der Waals surface area contributed by atoms with Crippen LogP contribution < -0.4 is 5.32 Å². The number of benzene rings is 1. The van der Waals surface area contributed by atoms with Gasteiger partial charge in [0, 0.05) is 6.04 Å². The molecule has 1 N–H and O–H groups in total. The molecule has 1 aromatic carbocycles. The van der Waals surface area contributed by atoms with Gasteiger partial charge >= 0.3 is 0 Å². The van der Waals surface area contributed by atoms with E-state index in [-0.39, 0.29) is 17.5 Å². The first kappa shape index (κ1) is 11.7. The van der Waals surface area contributed by atoms with Gasteiger partial charge in [-0.1, -0.05) is 11.6 Å². The lowest BCUT2D eigenvalue weighted by Crippen LogP contribution is -2.20. The number of hydrogen-bond donors (Lipinski definition) is 1. The van der Waals surface area contributed by atoms with E-state index in [0.717, 1.165) is 0 Å². The summed E-state index contributed by atoms with van der Waals surface area (Å²) in [5.74, 6) is -0.134. The Morgan fingerprint density at radius 2 is 2.19 bits per heavy atom. The van der Waals surface area contributed by atoms with E-state index in [1.54, 1.807) is 0 Å². The van der Waals surface area contributed by atoms with Crippen molar-refractivity contribution in [2.45, 2.75) is 12.5 Å². The summed E-state index contributed by atoms with van der Waals surface area (Å²) in [6.45, 7) is 0. The van der Waals surface area contributed by atoms with E-state index in [1.165, 1.54) is 18.2 Å². The Hall–Kier alpha value is -0.810. The van der Waals surface area contributed by atoms with Crippen molar-refractivity contribution in [1.29, 1.82) is 0 Å². The molecule has 0 saturated carbocycles. The van der Waals surface area contributed by atoms with E-state index in [4.69, 9.17) is 11.6 Å². The van der Waals surface area contributed by atoms with Gasteiger partial charge in [-0.3, -0.25) is 0 Å². The number of anilines is 1. The average Bonchev–Trinajstić information content (AvgIpc) is 2.52. The SMILES string of the molecule is O=S1(=O)CCC(Nc2cc(F)ccc2Cl)C1. The summed E-state index contributed by atoms with van der Waals surface area (Å²) in [5, 5.41) is 3.35. The Morgan fingerprint density at radius 3 is 2.81 bits per heavy atom. The van der Waals surface area contributed by atoms with Crippen molar-refractivity contribution < 1.29 is 12.8 Å². The molecule has 0 radical (unpaired) electrons. The maximum absolute atomic E-state index is 13.0. The van der Waals surface area contributed by atoms with Crippen LogP contribution in [0, 0.1) is 5.82 Å². The highest BCUT2D eigenvalue weighted by molar-refractivity contribution is 7.91. The molecule has 2 rings (SSSR count). The summed E-state index contributed by atoms with van der Waals surface area (Å²) >= 11 is 5.87. The molecule has 0 aliphatic carbocycles. The standard InChI is InChI=1S/C10H11ClFNO2S/c11-9-2-1-7(12)5-10(9)13-8-3-4-16(14,15)6-8/h1-2,5,8,13H,3-4,6H2. The number of hydrogen-bond acceptors (Lipinski definition) is 3. The molecule has 0 bridgehead atoms. The molecule has 1 aromatic rings. The minimum atomic E-state index is -2.94. The Labute approximate surface area is 98.5 Å². The first-order chi connectivity index (χ1) is 7.46. The van der Waals surface area contributed by atoms with Crippen molar-refractivity contribution in [2.24, 2.45) is 0 Å².